The van der Waals surface area contributed by atoms with E-state index < -0.39 is 5.92 Å². The predicted octanol–water partition coefficient (Wildman–Crippen LogP) is 3.89. The molecule has 8 heteroatoms. The second kappa shape index (κ2) is 9.99. The van der Waals surface area contributed by atoms with Crippen molar-refractivity contribution in [2.24, 2.45) is 5.92 Å². The fourth-order valence-corrected chi connectivity index (χ4v) is 3.77. The first-order valence-electron chi connectivity index (χ1n) is 10.8. The molecule has 0 bridgehead atoms. The molecule has 1 atom stereocenters. The van der Waals surface area contributed by atoms with E-state index in [9.17, 15) is 19.2 Å². The number of rotatable bonds is 6. The van der Waals surface area contributed by atoms with Crippen molar-refractivity contribution in [3.63, 3.8) is 0 Å². The third-order valence-corrected chi connectivity index (χ3v) is 5.42. The standard InChI is InChI=1S/C26H24N4O4/c1-17(31)27-21-6-5-7-22(15-21)29-25(33)18-10-12-20(13-11-18)28-26(34)19-14-24(32)30(16-19)23-8-3-2-4-9-23/h2-13,15,19H,14,16H2,1H3,(H,27,31)(H,28,34)(H,29,33). The van der Waals surface area contributed by atoms with Gasteiger partial charge in [0.2, 0.25) is 17.7 Å². The van der Waals surface area contributed by atoms with Gasteiger partial charge in [-0.05, 0) is 54.6 Å². The van der Waals surface area contributed by atoms with Crippen LogP contribution in [0.15, 0.2) is 78.9 Å². The zero-order valence-corrected chi connectivity index (χ0v) is 18.6. The summed E-state index contributed by atoms with van der Waals surface area (Å²) in [7, 11) is 0. The highest BCUT2D eigenvalue weighted by molar-refractivity contribution is 6.06. The van der Waals surface area contributed by atoms with Crippen LogP contribution in [0.3, 0.4) is 0 Å². The van der Waals surface area contributed by atoms with Crippen LogP contribution in [0, 0.1) is 5.92 Å². The van der Waals surface area contributed by atoms with Crippen LogP contribution in [0.4, 0.5) is 22.7 Å². The summed E-state index contributed by atoms with van der Waals surface area (Å²) >= 11 is 0. The molecule has 3 aromatic rings. The monoisotopic (exact) mass is 456 g/mol. The minimum atomic E-state index is -0.452. The Bertz CT molecular complexity index is 1230. The number of hydrogen-bond donors (Lipinski definition) is 3. The van der Waals surface area contributed by atoms with E-state index >= 15 is 0 Å². The van der Waals surface area contributed by atoms with Gasteiger partial charge in [0.05, 0.1) is 5.92 Å². The van der Waals surface area contributed by atoms with Crippen LogP contribution >= 0.6 is 0 Å². The van der Waals surface area contributed by atoms with Crippen LogP contribution in [0.25, 0.3) is 0 Å². The maximum atomic E-state index is 12.7. The number of amides is 4. The summed E-state index contributed by atoms with van der Waals surface area (Å²) in [4.78, 5) is 50.5. The van der Waals surface area contributed by atoms with Crippen molar-refractivity contribution in [3.8, 4) is 0 Å². The topological polar surface area (TPSA) is 108 Å². The summed E-state index contributed by atoms with van der Waals surface area (Å²) in [5.41, 5.74) is 2.86. The maximum absolute atomic E-state index is 12.7. The molecule has 1 heterocycles. The van der Waals surface area contributed by atoms with Gasteiger partial charge in [0.25, 0.3) is 5.91 Å². The summed E-state index contributed by atoms with van der Waals surface area (Å²) in [5.74, 6) is -1.29. The predicted molar refractivity (Wildman–Crippen MR) is 131 cm³/mol. The largest absolute Gasteiger partial charge is 0.326 e. The zero-order valence-electron chi connectivity index (χ0n) is 18.6. The van der Waals surface area contributed by atoms with Gasteiger partial charge in [0.15, 0.2) is 0 Å². The second-order valence-corrected chi connectivity index (χ2v) is 8.02. The van der Waals surface area contributed by atoms with Crippen molar-refractivity contribution in [2.75, 3.05) is 27.4 Å². The lowest BCUT2D eigenvalue weighted by Gasteiger charge is -2.16. The van der Waals surface area contributed by atoms with Gasteiger partial charge in [-0.3, -0.25) is 19.2 Å². The zero-order chi connectivity index (χ0) is 24.1. The molecule has 0 aliphatic carbocycles. The molecular formula is C26H24N4O4. The Labute approximate surface area is 197 Å². The smallest absolute Gasteiger partial charge is 0.255 e. The number of hydrogen-bond acceptors (Lipinski definition) is 4. The van der Waals surface area contributed by atoms with Crippen molar-refractivity contribution in [1.82, 2.24) is 0 Å². The van der Waals surface area contributed by atoms with E-state index in [4.69, 9.17) is 0 Å². The van der Waals surface area contributed by atoms with E-state index in [1.54, 1.807) is 53.4 Å². The lowest BCUT2D eigenvalue weighted by Crippen LogP contribution is -2.28. The molecule has 0 spiro atoms. The van der Waals surface area contributed by atoms with Gasteiger partial charge in [-0.15, -0.1) is 0 Å². The maximum Gasteiger partial charge on any atom is 0.255 e. The van der Waals surface area contributed by atoms with Crippen LogP contribution in [0.5, 0.6) is 0 Å². The van der Waals surface area contributed by atoms with Crippen molar-refractivity contribution in [1.29, 1.82) is 0 Å². The first-order valence-corrected chi connectivity index (χ1v) is 10.8. The molecule has 0 aromatic heterocycles. The van der Waals surface area contributed by atoms with Gasteiger partial charge in [0, 0.05) is 48.2 Å². The third kappa shape index (κ3) is 5.47. The molecule has 1 aliphatic heterocycles. The summed E-state index contributed by atoms with van der Waals surface area (Å²) in [6.45, 7) is 1.74. The lowest BCUT2D eigenvalue weighted by atomic mass is 10.1. The van der Waals surface area contributed by atoms with Crippen molar-refractivity contribution < 1.29 is 19.2 Å². The van der Waals surface area contributed by atoms with Crippen LogP contribution in [-0.4, -0.2) is 30.2 Å². The Morgan fingerprint density at radius 3 is 2.15 bits per heavy atom. The van der Waals surface area contributed by atoms with Gasteiger partial charge in [-0.2, -0.15) is 0 Å². The van der Waals surface area contributed by atoms with Crippen molar-refractivity contribution >= 4 is 46.4 Å². The SMILES string of the molecule is CC(=O)Nc1cccc(NC(=O)c2ccc(NC(=O)C3CC(=O)N(c4ccccc4)C3)cc2)c1. The van der Waals surface area contributed by atoms with Crippen LogP contribution in [0.2, 0.25) is 0 Å². The number of anilines is 4. The molecule has 1 fully saturated rings. The normalized spacial score (nSPS) is 15.0. The first-order chi connectivity index (χ1) is 16.4. The summed E-state index contributed by atoms with van der Waals surface area (Å²) < 4.78 is 0. The minimum Gasteiger partial charge on any atom is -0.326 e. The van der Waals surface area contributed by atoms with E-state index in [1.807, 2.05) is 30.3 Å². The molecule has 34 heavy (non-hydrogen) atoms. The van der Waals surface area contributed by atoms with Gasteiger partial charge in [-0.1, -0.05) is 24.3 Å². The number of carbonyl (C=O) groups is 4. The molecular weight excluding hydrogens is 432 g/mol. The molecule has 8 nitrogen and oxygen atoms in total. The van der Waals surface area contributed by atoms with Crippen molar-refractivity contribution in [2.45, 2.75) is 13.3 Å². The molecule has 1 aliphatic rings. The third-order valence-electron chi connectivity index (χ3n) is 5.42. The molecule has 172 valence electrons. The van der Waals surface area contributed by atoms with Crippen LogP contribution in [-0.2, 0) is 14.4 Å². The highest BCUT2D eigenvalue weighted by Crippen LogP contribution is 2.26. The lowest BCUT2D eigenvalue weighted by molar-refractivity contribution is -0.122. The molecule has 1 unspecified atom stereocenters. The molecule has 3 aromatic carbocycles. The van der Waals surface area contributed by atoms with E-state index in [1.165, 1.54) is 6.92 Å². The average molecular weight is 457 g/mol. The Balaban J connectivity index is 1.35. The number of nitrogens with one attached hydrogen (secondary N) is 3. The average Bonchev–Trinajstić information content (AvgIpc) is 3.22. The Morgan fingerprint density at radius 1 is 0.794 bits per heavy atom. The molecule has 3 N–H and O–H groups in total. The number of carbonyl (C=O) groups excluding carboxylic acids is 4. The molecule has 0 radical (unpaired) electrons. The van der Waals surface area contributed by atoms with E-state index in [0.29, 0.717) is 29.2 Å². The molecule has 1 saturated heterocycles. The van der Waals surface area contributed by atoms with Crippen molar-refractivity contribution in [3.05, 3.63) is 84.4 Å². The number of benzene rings is 3. The molecule has 4 rings (SSSR count). The summed E-state index contributed by atoms with van der Waals surface area (Å²) in [6.07, 6.45) is 0.152. The van der Waals surface area contributed by atoms with E-state index in [0.717, 1.165) is 5.69 Å². The summed E-state index contributed by atoms with van der Waals surface area (Å²) in [5, 5.41) is 8.28. The second-order valence-electron chi connectivity index (χ2n) is 8.02. The van der Waals surface area contributed by atoms with Gasteiger partial charge in [0.1, 0.15) is 0 Å². The number of nitrogens with zero attached hydrogens (tertiary/aromatic N) is 1. The molecule has 4 amide bonds. The van der Waals surface area contributed by atoms with Gasteiger partial charge in [-0.25, -0.2) is 0 Å². The quantitative estimate of drug-likeness (QED) is 0.523. The van der Waals surface area contributed by atoms with Crippen LogP contribution < -0.4 is 20.9 Å². The highest BCUT2D eigenvalue weighted by atomic mass is 16.2. The Morgan fingerprint density at radius 2 is 1.47 bits per heavy atom. The van der Waals surface area contributed by atoms with E-state index in [-0.39, 0.29) is 30.0 Å². The first kappa shape index (κ1) is 22.7. The summed E-state index contributed by atoms with van der Waals surface area (Å²) in [6, 6.07) is 22.6. The van der Waals surface area contributed by atoms with Gasteiger partial charge < -0.3 is 20.9 Å². The minimum absolute atomic E-state index is 0.0825. The number of para-hydroxylation sites is 1. The Hall–Kier alpha value is -4.46. The Kier molecular flexibility index (Phi) is 6.68. The van der Waals surface area contributed by atoms with Crippen LogP contribution in [0.1, 0.15) is 23.7 Å². The molecule has 0 saturated carbocycles. The fourth-order valence-electron chi connectivity index (χ4n) is 3.77. The van der Waals surface area contributed by atoms with E-state index in [2.05, 4.69) is 16.0 Å². The highest BCUT2D eigenvalue weighted by Gasteiger charge is 2.35. The van der Waals surface area contributed by atoms with Gasteiger partial charge >= 0.3 is 0 Å². The fraction of sp³-hybridized carbons (Fsp3) is 0.154.